The molecule has 2 aliphatic rings. The quantitative estimate of drug-likeness (QED) is 0.891. The number of carboxylic acid groups (broad SMARTS) is 1. The largest absolute Gasteiger partial charge is 0.481 e. The highest BCUT2D eigenvalue weighted by Crippen LogP contribution is 2.26. The van der Waals surface area contributed by atoms with Crippen molar-refractivity contribution >= 4 is 23.5 Å². The van der Waals surface area contributed by atoms with Crippen LogP contribution in [0, 0.1) is 5.92 Å². The smallest absolute Gasteiger partial charge is 0.303 e. The Morgan fingerprint density at radius 1 is 1.22 bits per heavy atom. The van der Waals surface area contributed by atoms with Crippen molar-refractivity contribution < 1.29 is 19.5 Å². The zero-order valence-corrected chi connectivity index (χ0v) is 12.9. The molecule has 1 saturated heterocycles. The van der Waals surface area contributed by atoms with Crippen LogP contribution in [0.5, 0.6) is 0 Å². The van der Waals surface area contributed by atoms with Crippen LogP contribution in [-0.2, 0) is 16.0 Å². The Labute approximate surface area is 134 Å². The van der Waals surface area contributed by atoms with Crippen molar-refractivity contribution in [1.82, 2.24) is 4.90 Å². The Morgan fingerprint density at radius 3 is 2.65 bits per heavy atom. The van der Waals surface area contributed by atoms with Gasteiger partial charge < -0.3 is 15.3 Å². The van der Waals surface area contributed by atoms with Gasteiger partial charge in [-0.3, -0.25) is 14.4 Å². The fourth-order valence-corrected chi connectivity index (χ4v) is 3.29. The van der Waals surface area contributed by atoms with Crippen LogP contribution in [0.25, 0.3) is 0 Å². The van der Waals surface area contributed by atoms with Crippen LogP contribution in [0.2, 0.25) is 0 Å². The Balaban J connectivity index is 1.65. The molecule has 1 aromatic carbocycles. The lowest BCUT2D eigenvalue weighted by molar-refractivity contribution is -0.138. The highest BCUT2D eigenvalue weighted by atomic mass is 16.4. The van der Waals surface area contributed by atoms with E-state index in [4.69, 9.17) is 5.11 Å². The molecule has 23 heavy (non-hydrogen) atoms. The first kappa shape index (κ1) is 15.5. The van der Waals surface area contributed by atoms with E-state index in [2.05, 4.69) is 5.32 Å². The Morgan fingerprint density at radius 2 is 1.96 bits per heavy atom. The number of anilines is 1. The number of carbonyl (C=O) groups is 3. The number of rotatable bonds is 3. The maximum atomic E-state index is 12.6. The number of hydrogen-bond acceptors (Lipinski definition) is 3. The number of piperidine rings is 1. The average Bonchev–Trinajstić information content (AvgIpc) is 2.54. The van der Waals surface area contributed by atoms with E-state index >= 15 is 0 Å². The first-order chi connectivity index (χ1) is 11.0. The third-order valence-corrected chi connectivity index (χ3v) is 4.61. The SMILES string of the molecule is O=C(O)CC1CCN(C(=O)c2ccc3c(c2)CCC(=O)N3)CC1. The van der Waals surface area contributed by atoms with Gasteiger partial charge in [0.15, 0.2) is 0 Å². The summed E-state index contributed by atoms with van der Waals surface area (Å²) in [5, 5.41) is 11.6. The van der Waals surface area contributed by atoms with Gasteiger partial charge >= 0.3 is 5.97 Å². The molecule has 0 radical (unpaired) electrons. The molecule has 0 aliphatic carbocycles. The number of nitrogens with one attached hydrogen (secondary N) is 1. The average molecular weight is 316 g/mol. The number of nitrogens with zero attached hydrogens (tertiary/aromatic N) is 1. The van der Waals surface area contributed by atoms with E-state index in [9.17, 15) is 14.4 Å². The monoisotopic (exact) mass is 316 g/mol. The minimum atomic E-state index is -0.772. The summed E-state index contributed by atoms with van der Waals surface area (Å²) in [7, 11) is 0. The maximum Gasteiger partial charge on any atom is 0.303 e. The van der Waals surface area contributed by atoms with E-state index < -0.39 is 5.97 Å². The van der Waals surface area contributed by atoms with Crippen molar-refractivity contribution in [1.29, 1.82) is 0 Å². The number of amides is 2. The predicted octanol–water partition coefficient (Wildman–Crippen LogP) is 1.90. The fourth-order valence-electron chi connectivity index (χ4n) is 3.29. The van der Waals surface area contributed by atoms with Gasteiger partial charge in [0.25, 0.3) is 5.91 Å². The molecule has 0 spiro atoms. The Bertz CT molecular complexity index is 648. The van der Waals surface area contributed by atoms with Gasteiger partial charge in [-0.15, -0.1) is 0 Å². The normalized spacial score (nSPS) is 18.3. The lowest BCUT2D eigenvalue weighted by Crippen LogP contribution is -2.39. The van der Waals surface area contributed by atoms with Gasteiger partial charge in [-0.2, -0.15) is 0 Å². The molecule has 2 heterocycles. The molecule has 0 saturated carbocycles. The zero-order valence-electron chi connectivity index (χ0n) is 12.9. The molecule has 2 aliphatic heterocycles. The van der Waals surface area contributed by atoms with Crippen LogP contribution < -0.4 is 5.32 Å². The van der Waals surface area contributed by atoms with E-state index in [-0.39, 0.29) is 24.2 Å². The number of carbonyl (C=O) groups excluding carboxylic acids is 2. The number of hydrogen-bond donors (Lipinski definition) is 2. The molecular formula is C17H20N2O4. The minimum Gasteiger partial charge on any atom is -0.481 e. The number of aliphatic carboxylic acids is 1. The highest BCUT2D eigenvalue weighted by molar-refractivity contribution is 5.98. The molecule has 2 N–H and O–H groups in total. The van der Waals surface area contributed by atoms with Gasteiger partial charge in [-0.1, -0.05) is 0 Å². The molecule has 2 amide bonds. The topological polar surface area (TPSA) is 86.7 Å². The maximum absolute atomic E-state index is 12.6. The van der Waals surface area contributed by atoms with Crippen molar-refractivity contribution in [3.8, 4) is 0 Å². The Hall–Kier alpha value is -2.37. The molecule has 6 heteroatoms. The number of fused-ring (bicyclic) bond motifs is 1. The van der Waals surface area contributed by atoms with Gasteiger partial charge in [0.1, 0.15) is 0 Å². The first-order valence-corrected chi connectivity index (χ1v) is 7.97. The summed E-state index contributed by atoms with van der Waals surface area (Å²) in [5.74, 6) is -0.614. The second-order valence-electron chi connectivity index (χ2n) is 6.25. The van der Waals surface area contributed by atoms with Crippen LogP contribution in [0.4, 0.5) is 5.69 Å². The van der Waals surface area contributed by atoms with Crippen LogP contribution in [0.15, 0.2) is 18.2 Å². The van der Waals surface area contributed by atoms with Crippen molar-refractivity contribution in [3.63, 3.8) is 0 Å². The first-order valence-electron chi connectivity index (χ1n) is 7.97. The summed E-state index contributed by atoms with van der Waals surface area (Å²) in [5.41, 5.74) is 2.42. The summed E-state index contributed by atoms with van der Waals surface area (Å²) >= 11 is 0. The lowest BCUT2D eigenvalue weighted by Gasteiger charge is -2.31. The van der Waals surface area contributed by atoms with E-state index in [1.807, 2.05) is 6.07 Å². The third kappa shape index (κ3) is 3.52. The summed E-state index contributed by atoms with van der Waals surface area (Å²) in [4.78, 5) is 36.5. The number of benzene rings is 1. The molecular weight excluding hydrogens is 296 g/mol. The molecule has 122 valence electrons. The van der Waals surface area contributed by atoms with Crippen molar-refractivity contribution in [3.05, 3.63) is 29.3 Å². The van der Waals surface area contributed by atoms with Crippen molar-refractivity contribution in [2.45, 2.75) is 32.1 Å². The van der Waals surface area contributed by atoms with Gasteiger partial charge in [-0.05, 0) is 48.9 Å². The lowest BCUT2D eigenvalue weighted by atomic mass is 9.93. The summed E-state index contributed by atoms with van der Waals surface area (Å²) in [6, 6.07) is 5.40. The molecule has 0 unspecified atom stereocenters. The molecule has 0 aromatic heterocycles. The summed E-state index contributed by atoms with van der Waals surface area (Å²) in [6.07, 6.45) is 2.76. The van der Waals surface area contributed by atoms with E-state index in [1.165, 1.54) is 0 Å². The van der Waals surface area contributed by atoms with Crippen molar-refractivity contribution in [2.24, 2.45) is 5.92 Å². The third-order valence-electron chi connectivity index (χ3n) is 4.61. The summed E-state index contributed by atoms with van der Waals surface area (Å²) in [6.45, 7) is 1.20. The molecule has 0 bridgehead atoms. The fraction of sp³-hybridized carbons (Fsp3) is 0.471. The molecule has 1 fully saturated rings. The van der Waals surface area contributed by atoms with Crippen LogP contribution in [-0.4, -0.2) is 40.9 Å². The molecule has 6 nitrogen and oxygen atoms in total. The van der Waals surface area contributed by atoms with Crippen LogP contribution in [0.3, 0.4) is 0 Å². The number of carboxylic acids is 1. The molecule has 1 aromatic rings. The van der Waals surface area contributed by atoms with Gasteiger partial charge in [0.05, 0.1) is 0 Å². The second-order valence-corrected chi connectivity index (χ2v) is 6.25. The molecule has 0 atom stereocenters. The van der Waals surface area contributed by atoms with E-state index in [0.29, 0.717) is 31.5 Å². The minimum absolute atomic E-state index is 0.0112. The van der Waals surface area contributed by atoms with Gasteiger partial charge in [0, 0.05) is 37.2 Å². The highest BCUT2D eigenvalue weighted by Gasteiger charge is 2.25. The van der Waals surface area contributed by atoms with Gasteiger partial charge in [0.2, 0.25) is 5.91 Å². The zero-order chi connectivity index (χ0) is 16.4. The van der Waals surface area contributed by atoms with E-state index in [1.54, 1.807) is 17.0 Å². The summed E-state index contributed by atoms with van der Waals surface area (Å²) < 4.78 is 0. The predicted molar refractivity (Wildman–Crippen MR) is 84.3 cm³/mol. The van der Waals surface area contributed by atoms with Crippen LogP contribution in [0.1, 0.15) is 41.6 Å². The number of aryl methyl sites for hydroxylation is 1. The van der Waals surface area contributed by atoms with Gasteiger partial charge in [-0.25, -0.2) is 0 Å². The van der Waals surface area contributed by atoms with Crippen molar-refractivity contribution in [2.75, 3.05) is 18.4 Å². The standard InChI is InChI=1S/C17H20N2O4/c20-15-4-2-12-10-13(1-3-14(12)18-15)17(23)19-7-5-11(6-8-19)9-16(21)22/h1,3,10-11H,2,4-9H2,(H,18,20)(H,21,22). The second kappa shape index (κ2) is 6.40. The molecule has 3 rings (SSSR count). The Kier molecular flexibility index (Phi) is 4.32. The number of likely N-dealkylation sites (tertiary alicyclic amines) is 1. The van der Waals surface area contributed by atoms with Crippen LogP contribution >= 0.6 is 0 Å². The van der Waals surface area contributed by atoms with E-state index in [0.717, 1.165) is 24.1 Å².